The fourth-order valence-electron chi connectivity index (χ4n) is 6.86. The first-order valence-electron chi connectivity index (χ1n) is 17.4. The molecule has 261 valence electrons. The van der Waals surface area contributed by atoms with Crippen LogP contribution in [0.2, 0.25) is 19.6 Å². The maximum atomic E-state index is 6.35. The Morgan fingerprint density at radius 1 is 0.660 bits per heavy atom. The smallest absolute Gasteiger partial charge is 0.137 e. The fourth-order valence-corrected chi connectivity index (χ4v) is 7.90. The SMILES string of the molecule is C[Si](C)(C)c1ccc(-c2[c-]cccc2)nc1.Cc1nccc2nc(-c3[c-]ccc4c3oc3ccccc34)n(-c3ccc4c(c3)oc3ccccc34)c12.[Ir]. The summed E-state index contributed by atoms with van der Waals surface area (Å²) < 4.78 is 14.7. The third kappa shape index (κ3) is 6.19. The van der Waals surface area contributed by atoms with E-state index in [1.807, 2.05) is 92.0 Å². The minimum atomic E-state index is -1.23. The predicted molar refractivity (Wildman–Crippen MR) is 214 cm³/mol. The second-order valence-corrected chi connectivity index (χ2v) is 19.0. The second kappa shape index (κ2) is 13.7. The van der Waals surface area contributed by atoms with Crippen molar-refractivity contribution in [2.75, 3.05) is 0 Å². The van der Waals surface area contributed by atoms with Gasteiger partial charge >= 0.3 is 0 Å². The first-order valence-corrected chi connectivity index (χ1v) is 20.9. The van der Waals surface area contributed by atoms with Gasteiger partial charge in [0, 0.05) is 60.4 Å². The van der Waals surface area contributed by atoms with E-state index in [0.717, 1.165) is 88.9 Å². The molecule has 8 heteroatoms. The van der Waals surface area contributed by atoms with Crippen LogP contribution in [-0.2, 0) is 20.1 Å². The molecule has 5 aromatic carbocycles. The van der Waals surface area contributed by atoms with Gasteiger partial charge in [0.1, 0.15) is 16.7 Å². The van der Waals surface area contributed by atoms with Crippen LogP contribution >= 0.6 is 0 Å². The monoisotopic (exact) mass is 883 g/mol. The van der Waals surface area contributed by atoms with Crippen LogP contribution in [0.1, 0.15) is 5.69 Å². The van der Waals surface area contributed by atoms with Gasteiger partial charge in [-0.1, -0.05) is 79.1 Å². The summed E-state index contributed by atoms with van der Waals surface area (Å²) in [5, 5.41) is 5.70. The molecule has 0 aliphatic carbocycles. The van der Waals surface area contributed by atoms with Crippen LogP contribution < -0.4 is 5.19 Å². The maximum absolute atomic E-state index is 6.35. The zero-order chi connectivity index (χ0) is 35.4. The van der Waals surface area contributed by atoms with Crippen molar-refractivity contribution in [1.29, 1.82) is 0 Å². The van der Waals surface area contributed by atoms with E-state index < -0.39 is 8.07 Å². The number of aromatic nitrogens is 4. The van der Waals surface area contributed by atoms with Crippen molar-refractivity contribution in [3.63, 3.8) is 0 Å². The average Bonchev–Trinajstić information content (AvgIpc) is 3.87. The van der Waals surface area contributed by atoms with Gasteiger partial charge in [-0.15, -0.1) is 54.1 Å². The summed E-state index contributed by atoms with van der Waals surface area (Å²) >= 11 is 0. The van der Waals surface area contributed by atoms with Crippen molar-refractivity contribution in [1.82, 2.24) is 19.5 Å². The van der Waals surface area contributed by atoms with Crippen molar-refractivity contribution >= 4 is 68.2 Å². The molecular formula is C45H34IrN4O2Si-2. The number of hydrogen-bond donors (Lipinski definition) is 0. The van der Waals surface area contributed by atoms with Crippen LogP contribution in [0, 0.1) is 19.1 Å². The summed E-state index contributed by atoms with van der Waals surface area (Å²) in [4.78, 5) is 14.2. The Labute approximate surface area is 321 Å². The van der Waals surface area contributed by atoms with Crippen molar-refractivity contribution in [2.45, 2.75) is 26.6 Å². The second-order valence-electron chi connectivity index (χ2n) is 14.0. The van der Waals surface area contributed by atoms with Crippen molar-refractivity contribution in [2.24, 2.45) is 0 Å². The van der Waals surface area contributed by atoms with Gasteiger partial charge in [0.15, 0.2) is 0 Å². The molecule has 0 spiro atoms. The van der Waals surface area contributed by atoms with Gasteiger partial charge in [0.2, 0.25) is 0 Å². The normalized spacial score (nSPS) is 11.6. The third-order valence-electron chi connectivity index (χ3n) is 9.54. The number of rotatable bonds is 4. The van der Waals surface area contributed by atoms with Gasteiger partial charge in [0.05, 0.1) is 36.2 Å². The summed E-state index contributed by atoms with van der Waals surface area (Å²) in [5.41, 5.74) is 9.84. The quantitative estimate of drug-likeness (QED) is 0.130. The van der Waals surface area contributed by atoms with Crippen LogP contribution in [-0.4, -0.2) is 27.6 Å². The van der Waals surface area contributed by atoms with Gasteiger partial charge in [-0.2, -0.15) is 0 Å². The van der Waals surface area contributed by atoms with Crippen LogP contribution in [0.5, 0.6) is 0 Å². The number of fused-ring (bicyclic) bond motifs is 7. The Morgan fingerprint density at radius 2 is 1.40 bits per heavy atom. The van der Waals surface area contributed by atoms with E-state index in [1.165, 1.54) is 5.19 Å². The Morgan fingerprint density at radius 3 is 2.13 bits per heavy atom. The third-order valence-corrected chi connectivity index (χ3v) is 11.6. The molecule has 0 unspecified atom stereocenters. The summed E-state index contributed by atoms with van der Waals surface area (Å²) in [6.45, 7) is 9.00. The van der Waals surface area contributed by atoms with E-state index in [-0.39, 0.29) is 20.1 Å². The molecule has 10 aromatic rings. The number of aryl methyl sites for hydroxylation is 1. The summed E-state index contributed by atoms with van der Waals surface area (Å²) in [7, 11) is -1.23. The zero-order valence-corrected chi connectivity index (χ0v) is 33.0. The van der Waals surface area contributed by atoms with E-state index in [0.29, 0.717) is 0 Å². The van der Waals surface area contributed by atoms with Gasteiger partial charge in [0.25, 0.3) is 0 Å². The number of para-hydroxylation sites is 2. The van der Waals surface area contributed by atoms with Crippen molar-refractivity contribution in [3.05, 3.63) is 152 Å². The van der Waals surface area contributed by atoms with Crippen LogP contribution in [0.15, 0.2) is 143 Å². The van der Waals surface area contributed by atoms with E-state index in [9.17, 15) is 0 Å². The number of hydrogen-bond acceptors (Lipinski definition) is 5. The van der Waals surface area contributed by atoms with Gasteiger partial charge in [-0.3, -0.25) is 9.97 Å². The molecule has 1 radical (unpaired) electrons. The summed E-state index contributed by atoms with van der Waals surface area (Å²) in [6.07, 6.45) is 3.81. The molecule has 0 aliphatic heterocycles. The fraction of sp³-hybridized carbons (Fsp3) is 0.0889. The molecule has 0 bridgehead atoms. The zero-order valence-electron chi connectivity index (χ0n) is 29.6. The maximum Gasteiger partial charge on any atom is 0.137 e. The number of pyridine rings is 2. The first-order chi connectivity index (χ1) is 25.3. The van der Waals surface area contributed by atoms with Crippen LogP contribution in [0.4, 0.5) is 0 Å². The average molecular weight is 883 g/mol. The first kappa shape index (κ1) is 34.4. The van der Waals surface area contributed by atoms with Crippen molar-refractivity contribution < 1.29 is 28.9 Å². The molecule has 5 aromatic heterocycles. The van der Waals surface area contributed by atoms with Gasteiger partial charge < -0.3 is 18.4 Å². The van der Waals surface area contributed by atoms with E-state index in [1.54, 1.807) is 6.20 Å². The molecule has 0 atom stereocenters. The van der Waals surface area contributed by atoms with Crippen LogP contribution in [0.25, 0.3) is 83.2 Å². The molecular weight excluding hydrogens is 849 g/mol. The Bertz CT molecular complexity index is 2900. The number of furan rings is 2. The molecule has 10 rings (SSSR count). The molecule has 6 nitrogen and oxygen atoms in total. The number of benzene rings is 5. The minimum Gasteiger partial charge on any atom is -0.501 e. The number of nitrogens with zero attached hydrogens (tertiary/aromatic N) is 4. The molecule has 0 N–H and O–H groups in total. The molecule has 0 fully saturated rings. The van der Waals surface area contributed by atoms with Gasteiger partial charge in [-0.25, -0.2) is 0 Å². The largest absolute Gasteiger partial charge is 0.501 e. The van der Waals surface area contributed by atoms with Crippen LogP contribution in [0.3, 0.4) is 0 Å². The Balaban J connectivity index is 0.000000199. The van der Waals surface area contributed by atoms with E-state index >= 15 is 0 Å². The summed E-state index contributed by atoms with van der Waals surface area (Å²) in [6, 6.07) is 47.3. The standard InChI is InChI=1S/C31H18N3O2.C14H16NSi.Ir/c1-18-29-25(15-16-32-18)33-31(24-10-6-9-23-21-8-3-5-12-27(21)36-30(23)24)34(29)19-13-14-22-20-7-2-4-11-26(20)35-28(22)17-19;1-16(2,3)13-9-10-14(15-11-13)12-7-5-4-6-8-12;/h2-9,11-17H,1H3;4-7,9-11H,1-3H3;/q2*-1;. The molecule has 0 aliphatic rings. The molecule has 0 amide bonds. The number of imidazole rings is 1. The van der Waals surface area contributed by atoms with E-state index in [2.05, 4.69) is 88.8 Å². The van der Waals surface area contributed by atoms with Gasteiger partial charge in [-0.05, 0) is 48.1 Å². The molecule has 53 heavy (non-hydrogen) atoms. The van der Waals surface area contributed by atoms with E-state index in [4.69, 9.17) is 13.8 Å². The molecule has 0 saturated carbocycles. The predicted octanol–water partition coefficient (Wildman–Crippen LogP) is 11.1. The Kier molecular flexibility index (Phi) is 8.91. The molecule has 5 heterocycles. The Hall–Kier alpha value is -5.66. The minimum absolute atomic E-state index is 0. The van der Waals surface area contributed by atoms with Crippen molar-refractivity contribution in [3.8, 4) is 28.3 Å². The summed E-state index contributed by atoms with van der Waals surface area (Å²) in [5.74, 6) is 0.751. The topological polar surface area (TPSA) is 69.9 Å². The molecule has 0 saturated heterocycles.